The van der Waals surface area contributed by atoms with Gasteiger partial charge in [-0.05, 0) is 36.4 Å². The number of halogens is 3. The van der Waals surface area contributed by atoms with E-state index in [1.807, 2.05) is 6.07 Å². The third-order valence-corrected chi connectivity index (χ3v) is 3.07. The third-order valence-electron chi connectivity index (χ3n) is 2.53. The zero-order valence-electron chi connectivity index (χ0n) is 9.95. The molecule has 100 valence electrons. The highest BCUT2D eigenvalue weighted by atomic mass is 35.5. The van der Waals surface area contributed by atoms with Crippen LogP contribution in [0.5, 0.6) is 0 Å². The monoisotopic (exact) mass is 308 g/mol. The summed E-state index contributed by atoms with van der Waals surface area (Å²) in [7, 11) is 0. The van der Waals surface area contributed by atoms with Crippen LogP contribution in [0.1, 0.15) is 15.9 Å². The number of nitrogens with zero attached hydrogens (tertiary/aromatic N) is 1. The van der Waals surface area contributed by atoms with Crippen LogP contribution in [0.2, 0.25) is 10.0 Å². The van der Waals surface area contributed by atoms with E-state index in [2.05, 4.69) is 5.32 Å². The maximum Gasteiger partial charge on any atom is 0.257 e. The van der Waals surface area contributed by atoms with Crippen LogP contribution in [0.4, 0.5) is 10.1 Å². The van der Waals surface area contributed by atoms with Crippen molar-refractivity contribution >= 4 is 34.8 Å². The molecule has 6 heteroatoms. The molecule has 0 aromatic heterocycles. The average Bonchev–Trinajstić information content (AvgIpc) is 2.38. The molecule has 2 rings (SSSR count). The van der Waals surface area contributed by atoms with Crippen molar-refractivity contribution in [2.45, 2.75) is 0 Å². The molecular formula is C14H7Cl2FN2O. The molecule has 0 aliphatic heterocycles. The van der Waals surface area contributed by atoms with Gasteiger partial charge in [0.15, 0.2) is 0 Å². The molecule has 2 aromatic rings. The van der Waals surface area contributed by atoms with E-state index in [-0.39, 0.29) is 21.8 Å². The number of hydrogen-bond acceptors (Lipinski definition) is 2. The van der Waals surface area contributed by atoms with E-state index in [0.29, 0.717) is 5.02 Å². The smallest absolute Gasteiger partial charge is 0.257 e. The molecule has 0 atom stereocenters. The minimum absolute atomic E-state index is 0.0111. The number of benzene rings is 2. The summed E-state index contributed by atoms with van der Waals surface area (Å²) in [4.78, 5) is 12.1. The van der Waals surface area contributed by atoms with Crippen molar-refractivity contribution < 1.29 is 9.18 Å². The Balaban J connectivity index is 2.33. The zero-order chi connectivity index (χ0) is 14.7. The summed E-state index contributed by atoms with van der Waals surface area (Å²) in [5.41, 5.74) is 0.642. The van der Waals surface area contributed by atoms with Crippen LogP contribution in [-0.4, -0.2) is 5.91 Å². The number of anilines is 1. The highest BCUT2D eigenvalue weighted by Gasteiger charge is 2.13. The second kappa shape index (κ2) is 5.91. The molecule has 0 spiro atoms. The SMILES string of the molecule is N#Cc1ccc(Cl)cc1NC(=O)c1ccc(F)cc1Cl. The minimum Gasteiger partial charge on any atom is -0.321 e. The van der Waals surface area contributed by atoms with Gasteiger partial charge in [-0.15, -0.1) is 0 Å². The summed E-state index contributed by atoms with van der Waals surface area (Å²) in [6.07, 6.45) is 0. The number of carbonyl (C=O) groups is 1. The number of hydrogen-bond donors (Lipinski definition) is 1. The van der Waals surface area contributed by atoms with Gasteiger partial charge in [0.2, 0.25) is 0 Å². The predicted octanol–water partition coefficient (Wildman–Crippen LogP) is 4.26. The van der Waals surface area contributed by atoms with Gasteiger partial charge in [-0.3, -0.25) is 4.79 Å². The Morgan fingerprint density at radius 1 is 1.20 bits per heavy atom. The van der Waals surface area contributed by atoms with E-state index in [1.165, 1.54) is 18.2 Å². The van der Waals surface area contributed by atoms with Crippen molar-refractivity contribution in [1.82, 2.24) is 0 Å². The summed E-state index contributed by atoms with van der Waals surface area (Å²) < 4.78 is 12.9. The van der Waals surface area contributed by atoms with Crippen LogP contribution in [0, 0.1) is 17.1 Å². The summed E-state index contributed by atoms with van der Waals surface area (Å²) in [5, 5.41) is 11.9. The van der Waals surface area contributed by atoms with Crippen molar-refractivity contribution in [3.8, 4) is 6.07 Å². The average molecular weight is 309 g/mol. The number of carbonyl (C=O) groups excluding carboxylic acids is 1. The second-order valence-electron chi connectivity index (χ2n) is 3.88. The predicted molar refractivity (Wildman–Crippen MR) is 75.5 cm³/mol. The molecule has 20 heavy (non-hydrogen) atoms. The van der Waals surface area contributed by atoms with E-state index in [9.17, 15) is 9.18 Å². The molecule has 0 aliphatic carbocycles. The Kier molecular flexibility index (Phi) is 4.23. The van der Waals surface area contributed by atoms with Gasteiger partial charge in [-0.25, -0.2) is 4.39 Å². The van der Waals surface area contributed by atoms with E-state index in [0.717, 1.165) is 12.1 Å². The first-order valence-electron chi connectivity index (χ1n) is 5.47. The molecule has 1 amide bonds. The van der Waals surface area contributed by atoms with E-state index in [4.69, 9.17) is 28.5 Å². The number of nitriles is 1. The maximum atomic E-state index is 12.9. The van der Waals surface area contributed by atoms with Crippen molar-refractivity contribution in [1.29, 1.82) is 5.26 Å². The molecule has 0 radical (unpaired) electrons. The topological polar surface area (TPSA) is 52.9 Å². The molecule has 0 saturated heterocycles. The van der Waals surface area contributed by atoms with Gasteiger partial charge in [0, 0.05) is 5.02 Å². The van der Waals surface area contributed by atoms with Crippen LogP contribution in [0.3, 0.4) is 0 Å². The molecule has 0 fully saturated rings. The standard InChI is InChI=1S/C14H7Cl2FN2O/c15-9-2-1-8(7-18)13(5-9)19-14(20)11-4-3-10(17)6-12(11)16/h1-6H,(H,19,20). The number of amides is 1. The van der Waals surface area contributed by atoms with Gasteiger partial charge in [0.05, 0.1) is 21.8 Å². The van der Waals surface area contributed by atoms with Crippen LogP contribution < -0.4 is 5.32 Å². The molecule has 0 heterocycles. The quantitative estimate of drug-likeness (QED) is 0.901. The molecule has 0 aliphatic rings. The largest absolute Gasteiger partial charge is 0.321 e. The summed E-state index contributed by atoms with van der Waals surface area (Å²) in [5.74, 6) is -1.08. The molecular weight excluding hydrogens is 302 g/mol. The van der Waals surface area contributed by atoms with Gasteiger partial charge in [0.1, 0.15) is 11.9 Å². The van der Waals surface area contributed by atoms with Crippen molar-refractivity contribution in [3.05, 3.63) is 63.4 Å². The van der Waals surface area contributed by atoms with Gasteiger partial charge in [0.25, 0.3) is 5.91 Å². The number of rotatable bonds is 2. The lowest BCUT2D eigenvalue weighted by Gasteiger charge is -2.08. The summed E-state index contributed by atoms with van der Waals surface area (Å²) in [6.45, 7) is 0. The Labute approximate surface area is 124 Å². The van der Waals surface area contributed by atoms with Gasteiger partial charge < -0.3 is 5.32 Å². The van der Waals surface area contributed by atoms with Crippen LogP contribution in [0.15, 0.2) is 36.4 Å². The first-order valence-corrected chi connectivity index (χ1v) is 6.23. The lowest BCUT2D eigenvalue weighted by Crippen LogP contribution is -2.13. The van der Waals surface area contributed by atoms with Crippen molar-refractivity contribution in [2.24, 2.45) is 0 Å². The van der Waals surface area contributed by atoms with Crippen LogP contribution in [0.25, 0.3) is 0 Å². The summed E-state index contributed by atoms with van der Waals surface area (Å²) in [6, 6.07) is 9.86. The normalized spacial score (nSPS) is 9.90. The van der Waals surface area contributed by atoms with Gasteiger partial charge in [-0.1, -0.05) is 23.2 Å². The Morgan fingerprint density at radius 2 is 1.95 bits per heavy atom. The highest BCUT2D eigenvalue weighted by molar-refractivity contribution is 6.34. The Morgan fingerprint density at radius 3 is 2.60 bits per heavy atom. The zero-order valence-corrected chi connectivity index (χ0v) is 11.5. The third kappa shape index (κ3) is 3.08. The lowest BCUT2D eigenvalue weighted by atomic mass is 10.1. The molecule has 0 unspecified atom stereocenters. The lowest BCUT2D eigenvalue weighted by molar-refractivity contribution is 0.102. The van der Waals surface area contributed by atoms with E-state index in [1.54, 1.807) is 6.07 Å². The Bertz CT molecular complexity index is 726. The van der Waals surface area contributed by atoms with E-state index < -0.39 is 11.7 Å². The molecule has 1 N–H and O–H groups in total. The fraction of sp³-hybridized carbons (Fsp3) is 0. The van der Waals surface area contributed by atoms with Crippen LogP contribution >= 0.6 is 23.2 Å². The second-order valence-corrected chi connectivity index (χ2v) is 4.72. The highest BCUT2D eigenvalue weighted by Crippen LogP contribution is 2.23. The van der Waals surface area contributed by atoms with Gasteiger partial charge in [-0.2, -0.15) is 5.26 Å². The molecule has 3 nitrogen and oxygen atoms in total. The Hall–Kier alpha value is -2.09. The first-order chi connectivity index (χ1) is 9.51. The maximum absolute atomic E-state index is 12.9. The first kappa shape index (κ1) is 14.3. The number of nitrogens with one attached hydrogen (secondary N) is 1. The van der Waals surface area contributed by atoms with Crippen molar-refractivity contribution in [3.63, 3.8) is 0 Å². The molecule has 2 aromatic carbocycles. The van der Waals surface area contributed by atoms with Gasteiger partial charge >= 0.3 is 0 Å². The minimum atomic E-state index is -0.547. The fourth-order valence-electron chi connectivity index (χ4n) is 1.58. The van der Waals surface area contributed by atoms with E-state index >= 15 is 0 Å². The van der Waals surface area contributed by atoms with Crippen LogP contribution in [-0.2, 0) is 0 Å². The summed E-state index contributed by atoms with van der Waals surface area (Å²) >= 11 is 11.6. The molecule has 0 saturated carbocycles. The van der Waals surface area contributed by atoms with Crippen molar-refractivity contribution in [2.75, 3.05) is 5.32 Å². The molecule has 0 bridgehead atoms. The fourth-order valence-corrected chi connectivity index (χ4v) is 2.01.